The fourth-order valence-electron chi connectivity index (χ4n) is 3.32. The van der Waals surface area contributed by atoms with Crippen LogP contribution in [0.1, 0.15) is 37.8 Å². The minimum Gasteiger partial charge on any atom is -0.341 e. The zero-order chi connectivity index (χ0) is 14.1. The summed E-state index contributed by atoms with van der Waals surface area (Å²) < 4.78 is 2.45. The van der Waals surface area contributed by atoms with E-state index in [4.69, 9.17) is 0 Å². The molecular weight excluding hydrogens is 242 g/mol. The second-order valence-electron chi connectivity index (χ2n) is 5.68. The fraction of sp³-hybridized carbons (Fsp3) is 0.368. The normalized spacial score (nSPS) is 11.6. The maximum Gasteiger partial charge on any atom is 0.0496 e. The Hall–Kier alpha value is -1.76. The van der Waals surface area contributed by atoms with Crippen LogP contribution in [0.15, 0.2) is 36.4 Å². The van der Waals surface area contributed by atoms with Gasteiger partial charge in [0.2, 0.25) is 0 Å². The Bertz CT molecular complexity index is 749. The lowest BCUT2D eigenvalue weighted by atomic mass is 9.99. The topological polar surface area (TPSA) is 4.93 Å². The Morgan fingerprint density at radius 3 is 2.55 bits per heavy atom. The standard InChI is InChI=1S/C19H23N/c1-4-6-9-15-12-14(3)13-18-19(15)16-10-7-8-11-17(16)20(18)5-2/h7-8,10-13H,4-6,9H2,1-3H3. The van der Waals surface area contributed by atoms with Crippen molar-refractivity contribution in [2.45, 2.75) is 46.6 Å². The summed E-state index contributed by atoms with van der Waals surface area (Å²) in [6.07, 6.45) is 3.71. The van der Waals surface area contributed by atoms with E-state index in [0.717, 1.165) is 6.54 Å². The van der Waals surface area contributed by atoms with Crippen molar-refractivity contribution in [3.05, 3.63) is 47.5 Å². The number of aromatic nitrogens is 1. The van der Waals surface area contributed by atoms with Gasteiger partial charge in [0.1, 0.15) is 0 Å². The maximum absolute atomic E-state index is 2.45. The van der Waals surface area contributed by atoms with Crippen molar-refractivity contribution in [3.63, 3.8) is 0 Å². The second-order valence-corrected chi connectivity index (χ2v) is 5.68. The van der Waals surface area contributed by atoms with Gasteiger partial charge < -0.3 is 4.57 Å². The summed E-state index contributed by atoms with van der Waals surface area (Å²) in [7, 11) is 0. The monoisotopic (exact) mass is 265 g/mol. The molecule has 0 atom stereocenters. The first-order chi connectivity index (χ1) is 9.76. The van der Waals surface area contributed by atoms with Crippen LogP contribution >= 0.6 is 0 Å². The quantitative estimate of drug-likeness (QED) is 0.590. The van der Waals surface area contributed by atoms with Crippen LogP contribution in [-0.2, 0) is 13.0 Å². The van der Waals surface area contributed by atoms with Gasteiger partial charge >= 0.3 is 0 Å². The van der Waals surface area contributed by atoms with Gasteiger partial charge in [0.05, 0.1) is 0 Å². The van der Waals surface area contributed by atoms with Crippen LogP contribution in [0.3, 0.4) is 0 Å². The molecule has 0 saturated carbocycles. The molecule has 0 bridgehead atoms. The molecule has 20 heavy (non-hydrogen) atoms. The average Bonchev–Trinajstić information content (AvgIpc) is 2.78. The number of unbranched alkanes of at least 4 members (excludes halogenated alkanes) is 1. The number of rotatable bonds is 4. The third-order valence-corrected chi connectivity index (χ3v) is 4.21. The Kier molecular flexibility index (Phi) is 3.52. The number of benzene rings is 2. The molecule has 0 aliphatic carbocycles. The Balaban J connectivity index is 2.39. The van der Waals surface area contributed by atoms with E-state index < -0.39 is 0 Å². The molecule has 0 N–H and O–H groups in total. The van der Waals surface area contributed by atoms with E-state index in [-0.39, 0.29) is 0 Å². The zero-order valence-corrected chi connectivity index (χ0v) is 12.7. The van der Waals surface area contributed by atoms with E-state index >= 15 is 0 Å². The highest BCUT2D eigenvalue weighted by Crippen LogP contribution is 2.33. The molecular formula is C19H23N. The van der Waals surface area contributed by atoms with Crippen LogP contribution in [0.25, 0.3) is 21.8 Å². The molecule has 0 unspecified atom stereocenters. The summed E-state index contributed by atoms with van der Waals surface area (Å²) in [5.74, 6) is 0. The van der Waals surface area contributed by atoms with Crippen LogP contribution in [0.2, 0.25) is 0 Å². The van der Waals surface area contributed by atoms with Gasteiger partial charge in [-0.15, -0.1) is 0 Å². The number of hydrogen-bond donors (Lipinski definition) is 0. The van der Waals surface area contributed by atoms with E-state index in [2.05, 4.69) is 61.7 Å². The molecule has 0 aliphatic heterocycles. The van der Waals surface area contributed by atoms with Gasteiger partial charge in [-0.05, 0) is 49.9 Å². The third kappa shape index (κ3) is 2.02. The lowest BCUT2D eigenvalue weighted by molar-refractivity contribution is 0.797. The van der Waals surface area contributed by atoms with Crippen molar-refractivity contribution in [1.29, 1.82) is 0 Å². The summed E-state index contributed by atoms with van der Waals surface area (Å²) in [5.41, 5.74) is 5.67. The molecule has 1 nitrogen and oxygen atoms in total. The van der Waals surface area contributed by atoms with Gasteiger partial charge in [-0.1, -0.05) is 37.6 Å². The maximum atomic E-state index is 2.45. The number of para-hydroxylation sites is 1. The Morgan fingerprint density at radius 2 is 1.80 bits per heavy atom. The van der Waals surface area contributed by atoms with Gasteiger partial charge in [-0.25, -0.2) is 0 Å². The van der Waals surface area contributed by atoms with Crippen molar-refractivity contribution in [2.24, 2.45) is 0 Å². The van der Waals surface area contributed by atoms with E-state index in [1.54, 1.807) is 0 Å². The highest BCUT2D eigenvalue weighted by molar-refractivity contribution is 6.10. The van der Waals surface area contributed by atoms with Gasteiger partial charge in [0.25, 0.3) is 0 Å². The van der Waals surface area contributed by atoms with Crippen molar-refractivity contribution < 1.29 is 0 Å². The fourth-order valence-corrected chi connectivity index (χ4v) is 3.32. The van der Waals surface area contributed by atoms with E-state index in [1.165, 1.54) is 52.2 Å². The lowest BCUT2D eigenvalue weighted by Gasteiger charge is -2.07. The third-order valence-electron chi connectivity index (χ3n) is 4.21. The Morgan fingerprint density at radius 1 is 1.00 bits per heavy atom. The molecule has 104 valence electrons. The first-order valence-corrected chi connectivity index (χ1v) is 7.76. The predicted octanol–water partition coefficient (Wildman–Crippen LogP) is 5.47. The molecule has 3 rings (SSSR count). The largest absolute Gasteiger partial charge is 0.341 e. The van der Waals surface area contributed by atoms with Gasteiger partial charge in [0, 0.05) is 28.4 Å². The summed E-state index contributed by atoms with van der Waals surface area (Å²) in [6.45, 7) is 7.75. The summed E-state index contributed by atoms with van der Waals surface area (Å²) in [4.78, 5) is 0. The van der Waals surface area contributed by atoms with Crippen LogP contribution in [0.4, 0.5) is 0 Å². The molecule has 1 aromatic heterocycles. The number of hydrogen-bond acceptors (Lipinski definition) is 0. The van der Waals surface area contributed by atoms with E-state index in [9.17, 15) is 0 Å². The van der Waals surface area contributed by atoms with Gasteiger partial charge in [0.15, 0.2) is 0 Å². The first-order valence-electron chi connectivity index (χ1n) is 7.76. The van der Waals surface area contributed by atoms with Crippen LogP contribution < -0.4 is 0 Å². The SMILES string of the molecule is CCCCc1cc(C)cc2c1c1ccccc1n2CC. The van der Waals surface area contributed by atoms with Gasteiger partial charge in [-0.3, -0.25) is 0 Å². The zero-order valence-electron chi connectivity index (χ0n) is 12.7. The minimum atomic E-state index is 1.03. The molecule has 0 amide bonds. The van der Waals surface area contributed by atoms with Crippen LogP contribution in [-0.4, -0.2) is 4.57 Å². The number of nitrogens with zero attached hydrogens (tertiary/aromatic N) is 1. The smallest absolute Gasteiger partial charge is 0.0496 e. The molecule has 2 aromatic carbocycles. The second kappa shape index (κ2) is 5.32. The highest BCUT2D eigenvalue weighted by Gasteiger charge is 2.13. The predicted molar refractivity (Wildman–Crippen MR) is 88.5 cm³/mol. The molecule has 1 heterocycles. The number of fused-ring (bicyclic) bond motifs is 3. The molecule has 0 spiro atoms. The summed E-state index contributed by atoms with van der Waals surface area (Å²) in [5, 5.41) is 2.89. The molecule has 0 fully saturated rings. The summed E-state index contributed by atoms with van der Waals surface area (Å²) >= 11 is 0. The van der Waals surface area contributed by atoms with E-state index in [0.29, 0.717) is 0 Å². The lowest BCUT2D eigenvalue weighted by Crippen LogP contribution is -1.94. The molecule has 0 saturated heterocycles. The van der Waals surface area contributed by atoms with Crippen molar-refractivity contribution in [1.82, 2.24) is 4.57 Å². The van der Waals surface area contributed by atoms with Crippen molar-refractivity contribution >= 4 is 21.8 Å². The van der Waals surface area contributed by atoms with Crippen molar-refractivity contribution in [3.8, 4) is 0 Å². The van der Waals surface area contributed by atoms with E-state index in [1.807, 2.05) is 0 Å². The summed E-state index contributed by atoms with van der Waals surface area (Å²) in [6, 6.07) is 13.5. The van der Waals surface area contributed by atoms with Gasteiger partial charge in [-0.2, -0.15) is 0 Å². The number of aryl methyl sites for hydroxylation is 3. The van der Waals surface area contributed by atoms with Crippen LogP contribution in [0, 0.1) is 6.92 Å². The van der Waals surface area contributed by atoms with Crippen LogP contribution in [0.5, 0.6) is 0 Å². The minimum absolute atomic E-state index is 1.03. The highest BCUT2D eigenvalue weighted by atomic mass is 15.0. The molecule has 0 aliphatic rings. The molecule has 0 radical (unpaired) electrons. The molecule has 3 aromatic rings. The Labute approximate surface area is 121 Å². The average molecular weight is 265 g/mol. The first kappa shape index (κ1) is 13.2. The van der Waals surface area contributed by atoms with Crippen molar-refractivity contribution in [2.75, 3.05) is 0 Å². The molecule has 1 heteroatoms.